The highest BCUT2D eigenvalue weighted by Gasteiger charge is 2.46. The molecule has 19 nitrogen and oxygen atoms in total. The summed E-state index contributed by atoms with van der Waals surface area (Å²) in [6.45, 7) is 4.23. The summed E-state index contributed by atoms with van der Waals surface area (Å²) in [6, 6.07) is 1.24. The van der Waals surface area contributed by atoms with E-state index in [0.717, 1.165) is 74.5 Å². The molecule has 0 amide bonds. The molecule has 1 aliphatic rings. The van der Waals surface area contributed by atoms with Crippen LogP contribution in [0, 0.1) is 5.92 Å². The van der Waals surface area contributed by atoms with Crippen LogP contribution in [0.15, 0.2) is 65.7 Å². The zero-order valence-electron chi connectivity index (χ0n) is 43.7. The van der Waals surface area contributed by atoms with Gasteiger partial charge in [-0.15, -0.1) is 0 Å². The van der Waals surface area contributed by atoms with Crippen molar-refractivity contribution in [3.8, 4) is 0 Å². The Labute approximate surface area is 433 Å². The number of carbonyl (C=O) groups excluding carboxylic acids is 2. The van der Waals surface area contributed by atoms with Crippen molar-refractivity contribution in [2.45, 2.75) is 218 Å². The lowest BCUT2D eigenvalue weighted by Crippen LogP contribution is -2.36. The number of phosphoric ester groups is 2. The van der Waals surface area contributed by atoms with Gasteiger partial charge in [0, 0.05) is 19.0 Å². The van der Waals surface area contributed by atoms with Gasteiger partial charge in [0.25, 0.3) is 0 Å². The van der Waals surface area contributed by atoms with Gasteiger partial charge in [-0.25, -0.2) is 13.9 Å². The highest BCUT2D eigenvalue weighted by molar-refractivity contribution is 7.61. The number of nitrogens with zero attached hydrogens (tertiary/aromatic N) is 2. The van der Waals surface area contributed by atoms with Gasteiger partial charge in [0.15, 0.2) is 12.3 Å². The molecule has 1 aromatic heterocycles. The fourth-order valence-corrected chi connectivity index (χ4v) is 9.91. The van der Waals surface area contributed by atoms with Crippen molar-refractivity contribution in [2.75, 3.05) is 25.6 Å². The third-order valence-corrected chi connectivity index (χ3v) is 14.5. The summed E-state index contributed by atoms with van der Waals surface area (Å²) in [7, 11) is -10.9. The zero-order valence-corrected chi connectivity index (χ0v) is 45.5. The van der Waals surface area contributed by atoms with Gasteiger partial charge < -0.3 is 45.1 Å². The van der Waals surface area contributed by atoms with Gasteiger partial charge in [0.2, 0.25) is 0 Å². The fourth-order valence-electron chi connectivity index (χ4n) is 7.80. The molecule has 0 radical (unpaired) electrons. The quantitative estimate of drug-likeness (QED) is 0.0153. The molecule has 21 heteroatoms. The molecule has 73 heavy (non-hydrogen) atoms. The van der Waals surface area contributed by atoms with E-state index in [4.69, 9.17) is 29.0 Å². The summed E-state index contributed by atoms with van der Waals surface area (Å²) in [4.78, 5) is 62.0. The Morgan fingerprint density at radius 3 is 1.85 bits per heavy atom. The number of ether oxygens (including phenoxy) is 3. The Hall–Kier alpha value is -3.32. The lowest BCUT2D eigenvalue weighted by atomic mass is 10.0. The highest BCUT2D eigenvalue weighted by atomic mass is 31.3. The van der Waals surface area contributed by atoms with Crippen LogP contribution in [0.25, 0.3) is 0 Å². The molecule has 0 aliphatic carbocycles. The predicted octanol–water partition coefficient (Wildman–Crippen LogP) is 10.2. The Balaban J connectivity index is 1.81. The molecule has 2 heterocycles. The number of aliphatic hydroxyl groups excluding tert-OH is 3. The summed E-state index contributed by atoms with van der Waals surface area (Å²) < 4.78 is 56.8. The van der Waals surface area contributed by atoms with Gasteiger partial charge in [-0.3, -0.25) is 23.2 Å². The third-order valence-electron chi connectivity index (χ3n) is 11.9. The maximum absolute atomic E-state index is 12.9. The van der Waals surface area contributed by atoms with Crippen LogP contribution in [0.2, 0.25) is 0 Å². The van der Waals surface area contributed by atoms with Crippen LogP contribution in [0.5, 0.6) is 0 Å². The topological polar surface area (TPSA) is 286 Å². The van der Waals surface area contributed by atoms with E-state index in [-0.39, 0.29) is 24.8 Å². The van der Waals surface area contributed by atoms with E-state index in [2.05, 4.69) is 54.4 Å². The first-order valence-electron chi connectivity index (χ1n) is 26.6. The Kier molecular flexibility index (Phi) is 35.3. The van der Waals surface area contributed by atoms with Crippen LogP contribution >= 0.6 is 15.6 Å². The second-order valence-corrected chi connectivity index (χ2v) is 22.1. The molecule has 1 fully saturated rings. The number of allylic oxidation sites excluding steroid dienone is 7. The number of nitrogen functional groups attached to an aromatic ring is 1. The summed E-state index contributed by atoms with van der Waals surface area (Å²) in [5, 5.41) is 30.7. The molecule has 2 rings (SSSR count). The Morgan fingerprint density at radius 2 is 1.27 bits per heavy atom. The van der Waals surface area contributed by atoms with Crippen molar-refractivity contribution in [1.29, 1.82) is 0 Å². The largest absolute Gasteiger partial charge is 0.481 e. The molecule has 418 valence electrons. The number of aliphatic hydroxyl groups is 3. The van der Waals surface area contributed by atoms with Crippen LogP contribution in [-0.4, -0.2) is 96.9 Å². The first-order valence-corrected chi connectivity index (χ1v) is 29.6. The van der Waals surface area contributed by atoms with Crippen molar-refractivity contribution in [3.63, 3.8) is 0 Å². The van der Waals surface area contributed by atoms with Crippen molar-refractivity contribution in [3.05, 3.63) is 71.4 Å². The van der Waals surface area contributed by atoms with E-state index in [1.807, 2.05) is 24.3 Å². The summed E-state index contributed by atoms with van der Waals surface area (Å²) in [6.07, 6.45) is 32.6. The molecular weight excluding hydrogens is 985 g/mol. The standard InChI is InChI=1S/C52H89N3O16P2/c1-4-32-43(56)34-29-25-21-17-13-9-7-11-14-18-22-26-30-35-47(57)66-39-44(69-48(58)36-31-27-23-19-15-10-6-5-8-12-16-20-24-28-33-42(2)3)40-67-72(62,63)71-73(64,65)68-41-45-49(59)50(60)51(70-45)55-38-37-46(53)54-52(55)61/h7,11,13,17-18,22,25,29,37-38,42-45,49-51,56,59-60H,4-6,8-10,12,14-16,19-21,23-24,26-28,30-36,39-41H2,1-3H3,(H,62,63)(H,64,65)(H2,53,54,61)/b11-7-,17-13-,22-18-,29-25-/t43?,44-,45-,49-,50-,51-/m1/s1. The number of hydrogen-bond donors (Lipinski definition) is 6. The minimum atomic E-state index is -5.44. The van der Waals surface area contributed by atoms with E-state index < -0.39 is 83.7 Å². The molecule has 3 unspecified atom stereocenters. The minimum Gasteiger partial charge on any atom is -0.462 e. The third kappa shape index (κ3) is 32.7. The van der Waals surface area contributed by atoms with Crippen LogP contribution < -0.4 is 11.4 Å². The second-order valence-electron chi connectivity index (χ2n) is 19.0. The Morgan fingerprint density at radius 1 is 0.740 bits per heavy atom. The monoisotopic (exact) mass is 1070 g/mol. The van der Waals surface area contributed by atoms with Crippen LogP contribution in [0.3, 0.4) is 0 Å². The van der Waals surface area contributed by atoms with E-state index in [9.17, 15) is 48.6 Å². The molecule has 7 N–H and O–H groups in total. The first kappa shape index (κ1) is 65.8. The summed E-state index contributed by atoms with van der Waals surface area (Å²) in [5.74, 6) is -0.596. The van der Waals surface area contributed by atoms with Gasteiger partial charge in [0.1, 0.15) is 30.7 Å². The van der Waals surface area contributed by atoms with Gasteiger partial charge in [-0.2, -0.15) is 9.29 Å². The number of esters is 2. The number of unbranched alkanes of at least 4 members (excludes halogenated alkanes) is 14. The number of rotatable bonds is 43. The van der Waals surface area contributed by atoms with E-state index >= 15 is 0 Å². The first-order chi connectivity index (χ1) is 34.9. The average molecular weight is 1070 g/mol. The normalized spacial score (nSPS) is 19.8. The van der Waals surface area contributed by atoms with Crippen molar-refractivity contribution in [1.82, 2.24) is 9.55 Å². The Bertz CT molecular complexity index is 1940. The van der Waals surface area contributed by atoms with E-state index in [1.54, 1.807) is 0 Å². The van der Waals surface area contributed by atoms with Gasteiger partial charge in [-0.1, -0.05) is 166 Å². The number of nitrogens with two attached hydrogens (primary N) is 1. The highest BCUT2D eigenvalue weighted by Crippen LogP contribution is 2.60. The van der Waals surface area contributed by atoms with Crippen molar-refractivity contribution >= 4 is 33.4 Å². The minimum absolute atomic E-state index is 0.0323. The lowest BCUT2D eigenvalue weighted by molar-refractivity contribution is -0.161. The van der Waals surface area contributed by atoms with Crippen molar-refractivity contribution < 1.29 is 71.4 Å². The van der Waals surface area contributed by atoms with Gasteiger partial charge in [-0.05, 0) is 63.4 Å². The molecule has 1 aliphatic heterocycles. The van der Waals surface area contributed by atoms with Gasteiger partial charge in [0.05, 0.1) is 19.3 Å². The van der Waals surface area contributed by atoms with E-state index in [1.165, 1.54) is 70.3 Å². The predicted molar refractivity (Wildman–Crippen MR) is 281 cm³/mol. The fraction of sp³-hybridized carbons (Fsp3) is 0.731. The average Bonchev–Trinajstić information content (AvgIpc) is 3.61. The molecule has 1 saturated heterocycles. The molecule has 0 spiro atoms. The lowest BCUT2D eigenvalue weighted by Gasteiger charge is -2.21. The summed E-state index contributed by atoms with van der Waals surface area (Å²) in [5.41, 5.74) is 4.58. The number of aromatic nitrogens is 2. The van der Waals surface area contributed by atoms with Crippen LogP contribution in [0.1, 0.15) is 188 Å². The summed E-state index contributed by atoms with van der Waals surface area (Å²) >= 11 is 0. The maximum atomic E-state index is 12.9. The number of carbonyl (C=O) groups is 2. The van der Waals surface area contributed by atoms with Crippen molar-refractivity contribution in [2.24, 2.45) is 5.92 Å². The second kappa shape index (κ2) is 39.1. The molecule has 0 saturated carbocycles. The molecule has 0 aromatic carbocycles. The van der Waals surface area contributed by atoms with Crippen LogP contribution in [0.4, 0.5) is 5.82 Å². The maximum Gasteiger partial charge on any atom is 0.481 e. The van der Waals surface area contributed by atoms with Gasteiger partial charge >= 0.3 is 33.3 Å². The SMILES string of the molecule is CCCC(O)C/C=C\C/C=C\C/C=C\C/C=C\CCCC(=O)OC[C@H](COP(=O)(O)OP(=O)(O)OC[C@H]1O[C@@H](n2ccc(N)nc2=O)[C@H](O)[C@@H]1O)OC(=O)CCCCCCCCCCCCCCCCC(C)C. The molecule has 8 atom stereocenters. The van der Waals surface area contributed by atoms with E-state index in [0.29, 0.717) is 25.7 Å². The molecular formula is C52H89N3O16P2. The molecule has 1 aromatic rings. The molecule has 0 bridgehead atoms. The number of phosphoric acid groups is 2. The van der Waals surface area contributed by atoms with Crippen LogP contribution in [-0.2, 0) is 46.3 Å². The zero-order chi connectivity index (χ0) is 53.7. The number of hydrogen-bond acceptors (Lipinski definition) is 16. The number of anilines is 1. The smallest absolute Gasteiger partial charge is 0.462 e.